The van der Waals surface area contributed by atoms with E-state index in [-0.39, 0.29) is 5.91 Å². The van der Waals surface area contributed by atoms with Gasteiger partial charge in [-0.25, -0.2) is 4.98 Å². The number of aromatic nitrogens is 1. The lowest BCUT2D eigenvalue weighted by atomic mass is 10.0. The average molecular weight is 288 g/mol. The monoisotopic (exact) mass is 288 g/mol. The van der Waals surface area contributed by atoms with Crippen molar-refractivity contribution in [3.8, 4) is 0 Å². The summed E-state index contributed by atoms with van der Waals surface area (Å²) in [6, 6.07) is 8.21. The summed E-state index contributed by atoms with van der Waals surface area (Å²) >= 11 is 1.69. The summed E-state index contributed by atoms with van der Waals surface area (Å²) in [6.45, 7) is 4.79. The van der Waals surface area contributed by atoms with Crippen molar-refractivity contribution in [1.82, 2.24) is 10.3 Å². The van der Waals surface area contributed by atoms with Crippen molar-refractivity contribution in [3.63, 3.8) is 0 Å². The highest BCUT2D eigenvalue weighted by Crippen LogP contribution is 2.11. The van der Waals surface area contributed by atoms with E-state index in [9.17, 15) is 4.79 Å². The average Bonchev–Trinajstić information content (AvgIpc) is 2.83. The molecule has 0 saturated carbocycles. The number of hydrogen-bond acceptors (Lipinski definition) is 3. The minimum Gasteiger partial charge on any atom is -0.356 e. The molecule has 0 bridgehead atoms. The minimum atomic E-state index is 0.113. The van der Waals surface area contributed by atoms with Gasteiger partial charge in [0.05, 0.1) is 5.01 Å². The van der Waals surface area contributed by atoms with Crippen molar-refractivity contribution >= 4 is 17.2 Å². The lowest BCUT2D eigenvalue weighted by Crippen LogP contribution is -2.25. The van der Waals surface area contributed by atoms with Crippen LogP contribution in [0.2, 0.25) is 0 Å². The van der Waals surface area contributed by atoms with Crippen LogP contribution in [0.1, 0.15) is 27.4 Å². The molecule has 3 nitrogen and oxygen atoms in total. The molecule has 1 N–H and O–H groups in total. The van der Waals surface area contributed by atoms with Gasteiger partial charge in [-0.3, -0.25) is 4.79 Å². The fraction of sp³-hybridized carbons (Fsp3) is 0.375. The summed E-state index contributed by atoms with van der Waals surface area (Å²) in [5.41, 5.74) is 2.50. The fourth-order valence-electron chi connectivity index (χ4n) is 2.05. The van der Waals surface area contributed by atoms with Gasteiger partial charge in [-0.05, 0) is 31.4 Å². The first kappa shape index (κ1) is 14.7. The normalized spacial score (nSPS) is 10.5. The first-order valence-electron chi connectivity index (χ1n) is 6.87. The third kappa shape index (κ3) is 4.46. The number of hydrogen-bond donors (Lipinski definition) is 1. The molecule has 1 aromatic heterocycles. The summed E-state index contributed by atoms with van der Waals surface area (Å²) in [5, 5.41) is 4.04. The van der Waals surface area contributed by atoms with Crippen LogP contribution < -0.4 is 5.32 Å². The Balaban J connectivity index is 1.69. The molecule has 20 heavy (non-hydrogen) atoms. The highest BCUT2D eigenvalue weighted by atomic mass is 32.1. The molecular formula is C16H20N2OS. The molecule has 1 heterocycles. The second-order valence-corrected chi connectivity index (χ2v) is 6.21. The third-order valence-corrected chi connectivity index (χ3v) is 4.19. The maximum absolute atomic E-state index is 11.8. The maximum Gasteiger partial charge on any atom is 0.220 e. The lowest BCUT2D eigenvalue weighted by Gasteiger charge is -2.06. The summed E-state index contributed by atoms with van der Waals surface area (Å²) in [4.78, 5) is 17.3. The van der Waals surface area contributed by atoms with Crippen molar-refractivity contribution in [2.75, 3.05) is 6.54 Å². The number of nitrogens with one attached hydrogen (secondary N) is 1. The smallest absolute Gasteiger partial charge is 0.220 e. The maximum atomic E-state index is 11.8. The Morgan fingerprint density at radius 1 is 1.25 bits per heavy atom. The number of carbonyl (C=O) groups excluding carboxylic acids is 1. The van der Waals surface area contributed by atoms with E-state index in [1.54, 1.807) is 11.3 Å². The van der Waals surface area contributed by atoms with E-state index in [1.165, 1.54) is 16.0 Å². The van der Waals surface area contributed by atoms with Crippen molar-refractivity contribution in [3.05, 3.63) is 51.5 Å². The van der Waals surface area contributed by atoms with Crippen LogP contribution >= 0.6 is 11.3 Å². The van der Waals surface area contributed by atoms with E-state index < -0.39 is 0 Å². The first-order chi connectivity index (χ1) is 9.65. The van der Waals surface area contributed by atoms with E-state index >= 15 is 0 Å². The van der Waals surface area contributed by atoms with Crippen molar-refractivity contribution in [1.29, 1.82) is 0 Å². The summed E-state index contributed by atoms with van der Waals surface area (Å²) in [6.07, 6.45) is 4.03. The summed E-state index contributed by atoms with van der Waals surface area (Å²) in [7, 11) is 0. The van der Waals surface area contributed by atoms with Gasteiger partial charge >= 0.3 is 0 Å². The zero-order valence-electron chi connectivity index (χ0n) is 12.0. The number of nitrogens with zero attached hydrogens (tertiary/aromatic N) is 1. The van der Waals surface area contributed by atoms with Gasteiger partial charge < -0.3 is 5.32 Å². The Kier molecular flexibility index (Phi) is 5.30. The molecule has 0 aliphatic carbocycles. The molecule has 0 aliphatic heterocycles. The Morgan fingerprint density at radius 2 is 2.05 bits per heavy atom. The fourth-order valence-corrected chi connectivity index (χ4v) is 2.84. The second-order valence-electron chi connectivity index (χ2n) is 4.89. The van der Waals surface area contributed by atoms with Crippen molar-refractivity contribution < 1.29 is 4.79 Å². The van der Waals surface area contributed by atoms with Gasteiger partial charge in [0.15, 0.2) is 0 Å². The Bertz CT molecular complexity index is 577. The summed E-state index contributed by atoms with van der Waals surface area (Å²) < 4.78 is 0. The van der Waals surface area contributed by atoms with Crippen LogP contribution in [-0.4, -0.2) is 17.4 Å². The molecule has 0 unspecified atom stereocenters. The highest BCUT2D eigenvalue weighted by Gasteiger charge is 2.04. The molecule has 4 heteroatoms. The van der Waals surface area contributed by atoms with Gasteiger partial charge in [-0.15, -0.1) is 11.3 Å². The number of benzene rings is 1. The molecule has 0 atom stereocenters. The van der Waals surface area contributed by atoms with E-state index in [2.05, 4.69) is 29.4 Å². The van der Waals surface area contributed by atoms with E-state index in [4.69, 9.17) is 0 Å². The van der Waals surface area contributed by atoms with Crippen LogP contribution in [0.25, 0.3) is 0 Å². The zero-order valence-corrected chi connectivity index (χ0v) is 12.8. The molecule has 106 valence electrons. The highest BCUT2D eigenvalue weighted by molar-refractivity contribution is 7.11. The SMILES string of the molecule is Cc1cnc(CCNC(=O)CCc2ccccc2C)s1. The van der Waals surface area contributed by atoms with Gasteiger partial charge in [0.1, 0.15) is 0 Å². The minimum absolute atomic E-state index is 0.113. The largest absolute Gasteiger partial charge is 0.356 e. The predicted octanol–water partition coefficient (Wildman–Crippen LogP) is 3.05. The first-order valence-corrected chi connectivity index (χ1v) is 7.69. The van der Waals surface area contributed by atoms with Crippen molar-refractivity contribution in [2.24, 2.45) is 0 Å². The molecule has 1 aromatic carbocycles. The van der Waals surface area contributed by atoms with Crippen molar-refractivity contribution in [2.45, 2.75) is 33.1 Å². The zero-order chi connectivity index (χ0) is 14.4. The van der Waals surface area contributed by atoms with Gasteiger partial charge in [-0.2, -0.15) is 0 Å². The van der Waals surface area contributed by atoms with E-state index in [0.717, 1.165) is 17.8 Å². The molecule has 0 fully saturated rings. The van der Waals surface area contributed by atoms with E-state index in [0.29, 0.717) is 13.0 Å². The second kappa shape index (κ2) is 7.20. The standard InChI is InChI=1S/C16H20N2OS/c1-12-5-3-4-6-14(12)7-8-15(19)17-10-9-16-18-11-13(2)20-16/h3-6,11H,7-10H2,1-2H3,(H,17,19). The molecule has 0 radical (unpaired) electrons. The Labute approximate surface area is 124 Å². The molecule has 0 spiro atoms. The Hall–Kier alpha value is -1.68. The van der Waals surface area contributed by atoms with Crippen LogP contribution in [0.3, 0.4) is 0 Å². The molecule has 2 aromatic rings. The third-order valence-electron chi connectivity index (χ3n) is 3.21. The molecular weight excluding hydrogens is 268 g/mol. The molecule has 2 rings (SSSR count). The van der Waals surface area contributed by atoms with Crippen LogP contribution in [0.5, 0.6) is 0 Å². The van der Waals surface area contributed by atoms with E-state index in [1.807, 2.05) is 25.3 Å². The molecule has 0 saturated heterocycles. The van der Waals surface area contributed by atoms with Gasteiger partial charge in [0, 0.05) is 30.5 Å². The Morgan fingerprint density at radius 3 is 2.75 bits per heavy atom. The number of rotatable bonds is 6. The van der Waals surface area contributed by atoms with Crippen LogP contribution in [-0.2, 0) is 17.6 Å². The van der Waals surface area contributed by atoms with Gasteiger partial charge in [0.2, 0.25) is 5.91 Å². The number of aryl methyl sites for hydroxylation is 3. The number of thiazole rings is 1. The number of amides is 1. The number of carbonyl (C=O) groups is 1. The predicted molar refractivity (Wildman–Crippen MR) is 83.1 cm³/mol. The van der Waals surface area contributed by atoms with Crippen LogP contribution in [0.15, 0.2) is 30.5 Å². The quantitative estimate of drug-likeness (QED) is 0.887. The van der Waals surface area contributed by atoms with Gasteiger partial charge in [0.25, 0.3) is 0 Å². The lowest BCUT2D eigenvalue weighted by molar-refractivity contribution is -0.121. The molecule has 0 aliphatic rings. The summed E-state index contributed by atoms with van der Waals surface area (Å²) in [5.74, 6) is 0.113. The van der Waals surface area contributed by atoms with Crippen LogP contribution in [0.4, 0.5) is 0 Å². The van der Waals surface area contributed by atoms with Crippen LogP contribution in [0, 0.1) is 13.8 Å². The topological polar surface area (TPSA) is 42.0 Å². The van der Waals surface area contributed by atoms with Gasteiger partial charge in [-0.1, -0.05) is 24.3 Å². The molecule has 1 amide bonds.